The van der Waals surface area contributed by atoms with Gasteiger partial charge in [-0.15, -0.1) is 0 Å². The highest BCUT2D eigenvalue weighted by Crippen LogP contribution is 2.51. The van der Waals surface area contributed by atoms with Gasteiger partial charge >= 0.3 is 0 Å². The van der Waals surface area contributed by atoms with E-state index >= 15 is 0 Å². The van der Waals surface area contributed by atoms with Crippen LogP contribution in [0.15, 0.2) is 0 Å². The fourth-order valence-electron chi connectivity index (χ4n) is 3.13. The zero-order valence-electron chi connectivity index (χ0n) is 9.68. The summed E-state index contributed by atoms with van der Waals surface area (Å²) < 4.78 is 0. The van der Waals surface area contributed by atoms with E-state index in [-0.39, 0.29) is 0 Å². The summed E-state index contributed by atoms with van der Waals surface area (Å²) in [4.78, 5) is 11.5. The average molecular weight is 194 g/mol. The monoisotopic (exact) mass is 194 g/mol. The van der Waals surface area contributed by atoms with E-state index in [2.05, 4.69) is 20.8 Å². The zero-order valence-corrected chi connectivity index (χ0v) is 9.68. The van der Waals surface area contributed by atoms with Crippen molar-refractivity contribution in [2.45, 2.75) is 52.9 Å². The number of carbonyl (C=O) groups is 1. The average Bonchev–Trinajstić information content (AvgIpc) is 2.83. The van der Waals surface area contributed by atoms with Gasteiger partial charge in [-0.1, -0.05) is 20.8 Å². The van der Waals surface area contributed by atoms with Crippen LogP contribution < -0.4 is 0 Å². The maximum absolute atomic E-state index is 11.5. The molecule has 0 aromatic carbocycles. The first-order chi connectivity index (χ1) is 6.48. The zero-order chi connectivity index (χ0) is 10.3. The highest BCUT2D eigenvalue weighted by atomic mass is 16.1. The number of hydrogen-bond donors (Lipinski definition) is 0. The van der Waals surface area contributed by atoms with Gasteiger partial charge in [-0.3, -0.25) is 4.79 Å². The molecule has 0 bridgehead atoms. The van der Waals surface area contributed by atoms with Crippen molar-refractivity contribution in [2.75, 3.05) is 0 Å². The number of Topliss-reactive ketones (excluding diaryl/α,β-unsaturated/α-hetero) is 1. The van der Waals surface area contributed by atoms with Crippen LogP contribution in [0.25, 0.3) is 0 Å². The van der Waals surface area contributed by atoms with Gasteiger partial charge in [0.1, 0.15) is 5.78 Å². The highest BCUT2D eigenvalue weighted by molar-refractivity contribution is 5.79. The number of hydrogen-bond acceptors (Lipinski definition) is 1. The van der Waals surface area contributed by atoms with Crippen molar-refractivity contribution in [1.29, 1.82) is 0 Å². The summed E-state index contributed by atoms with van der Waals surface area (Å²) in [6.07, 6.45) is 5.62. The van der Waals surface area contributed by atoms with Crippen molar-refractivity contribution >= 4 is 5.78 Å². The minimum absolute atomic E-state index is 0.397. The molecule has 0 radical (unpaired) electrons. The largest absolute Gasteiger partial charge is 0.300 e. The Labute approximate surface area is 87.3 Å². The van der Waals surface area contributed by atoms with E-state index in [0.717, 1.165) is 37.0 Å². The number of rotatable bonds is 1. The molecule has 2 unspecified atom stereocenters. The van der Waals surface area contributed by atoms with Crippen molar-refractivity contribution in [3.63, 3.8) is 0 Å². The van der Waals surface area contributed by atoms with Crippen LogP contribution in [-0.2, 0) is 4.79 Å². The van der Waals surface area contributed by atoms with E-state index in [0.29, 0.717) is 11.2 Å². The summed E-state index contributed by atoms with van der Waals surface area (Å²) >= 11 is 0. The van der Waals surface area contributed by atoms with Crippen LogP contribution in [0.3, 0.4) is 0 Å². The lowest BCUT2D eigenvalue weighted by atomic mass is 9.64. The van der Waals surface area contributed by atoms with Crippen molar-refractivity contribution in [3.8, 4) is 0 Å². The molecule has 0 N–H and O–H groups in total. The van der Waals surface area contributed by atoms with Gasteiger partial charge in [-0.25, -0.2) is 0 Å². The van der Waals surface area contributed by atoms with E-state index in [1.165, 1.54) is 12.8 Å². The summed E-state index contributed by atoms with van der Waals surface area (Å²) in [5.74, 6) is 2.91. The predicted octanol–water partition coefficient (Wildman–Crippen LogP) is 3.43. The standard InChI is InChI=1S/C13H22O/c1-13(2,3)12-7-6-10(14)8-11(12)9-4-5-9/h9,11-12H,4-8H2,1-3H3. The Kier molecular flexibility index (Phi) is 2.45. The summed E-state index contributed by atoms with van der Waals surface area (Å²) in [6.45, 7) is 7.01. The molecule has 2 saturated carbocycles. The quantitative estimate of drug-likeness (QED) is 0.625. The summed E-state index contributed by atoms with van der Waals surface area (Å²) in [5.41, 5.74) is 0.397. The van der Waals surface area contributed by atoms with Crippen molar-refractivity contribution in [1.82, 2.24) is 0 Å². The Balaban J connectivity index is 2.09. The van der Waals surface area contributed by atoms with Crippen LogP contribution in [0.1, 0.15) is 52.9 Å². The normalized spacial score (nSPS) is 34.6. The van der Waals surface area contributed by atoms with Gasteiger partial charge in [0.2, 0.25) is 0 Å². The molecule has 0 aliphatic heterocycles. The molecule has 0 aromatic heterocycles. The van der Waals surface area contributed by atoms with Crippen LogP contribution in [0.5, 0.6) is 0 Å². The van der Waals surface area contributed by atoms with Crippen LogP contribution in [0.4, 0.5) is 0 Å². The van der Waals surface area contributed by atoms with Crippen molar-refractivity contribution in [2.24, 2.45) is 23.2 Å². The summed E-state index contributed by atoms with van der Waals surface area (Å²) in [7, 11) is 0. The Morgan fingerprint density at radius 3 is 2.29 bits per heavy atom. The number of ketones is 1. The van der Waals surface area contributed by atoms with E-state index in [9.17, 15) is 4.79 Å². The minimum Gasteiger partial charge on any atom is -0.300 e. The molecular formula is C13H22O. The molecule has 2 fully saturated rings. The van der Waals surface area contributed by atoms with Crippen molar-refractivity contribution in [3.05, 3.63) is 0 Å². The maximum Gasteiger partial charge on any atom is 0.133 e. The third-order valence-corrected chi connectivity index (χ3v) is 4.05. The lowest BCUT2D eigenvalue weighted by molar-refractivity contribution is -0.124. The van der Waals surface area contributed by atoms with Crippen molar-refractivity contribution < 1.29 is 4.79 Å². The molecule has 2 aliphatic rings. The molecule has 2 aliphatic carbocycles. The molecule has 0 aromatic rings. The van der Waals surface area contributed by atoms with E-state index in [1.807, 2.05) is 0 Å². The Bertz CT molecular complexity index is 232. The van der Waals surface area contributed by atoms with Gasteiger partial charge in [-0.05, 0) is 42.4 Å². The van der Waals surface area contributed by atoms with Gasteiger partial charge in [0.25, 0.3) is 0 Å². The van der Waals surface area contributed by atoms with E-state index < -0.39 is 0 Å². The fourth-order valence-corrected chi connectivity index (χ4v) is 3.13. The molecule has 14 heavy (non-hydrogen) atoms. The van der Waals surface area contributed by atoms with E-state index in [1.54, 1.807) is 0 Å². The third kappa shape index (κ3) is 2.02. The topological polar surface area (TPSA) is 17.1 Å². The second kappa shape index (κ2) is 3.36. The van der Waals surface area contributed by atoms with Gasteiger partial charge < -0.3 is 0 Å². The van der Waals surface area contributed by atoms with Crippen LogP contribution in [-0.4, -0.2) is 5.78 Å². The molecule has 2 rings (SSSR count). The lowest BCUT2D eigenvalue weighted by Crippen LogP contribution is -2.35. The highest BCUT2D eigenvalue weighted by Gasteiger charge is 2.44. The molecule has 0 spiro atoms. The van der Waals surface area contributed by atoms with Crippen LogP contribution >= 0.6 is 0 Å². The summed E-state index contributed by atoms with van der Waals surface area (Å²) in [5, 5.41) is 0. The fraction of sp³-hybridized carbons (Fsp3) is 0.923. The SMILES string of the molecule is CC(C)(C)C1CCC(=O)CC1C1CC1. The predicted molar refractivity (Wildman–Crippen MR) is 58.0 cm³/mol. The first-order valence-electron chi connectivity index (χ1n) is 6.00. The van der Waals surface area contributed by atoms with Gasteiger partial charge in [0, 0.05) is 12.8 Å². The number of carbonyl (C=O) groups excluding carboxylic acids is 1. The second-order valence-electron chi connectivity index (χ2n) is 6.26. The molecule has 1 heteroatoms. The molecule has 0 saturated heterocycles. The molecular weight excluding hydrogens is 172 g/mol. The molecule has 1 nitrogen and oxygen atoms in total. The second-order valence-corrected chi connectivity index (χ2v) is 6.26. The van der Waals surface area contributed by atoms with Crippen LogP contribution in [0.2, 0.25) is 0 Å². The first kappa shape index (κ1) is 10.2. The molecule has 0 heterocycles. The van der Waals surface area contributed by atoms with E-state index in [4.69, 9.17) is 0 Å². The minimum atomic E-state index is 0.397. The third-order valence-electron chi connectivity index (χ3n) is 4.05. The lowest BCUT2D eigenvalue weighted by Gasteiger charge is -2.40. The molecule has 80 valence electrons. The Morgan fingerprint density at radius 2 is 1.79 bits per heavy atom. The smallest absolute Gasteiger partial charge is 0.133 e. The van der Waals surface area contributed by atoms with Gasteiger partial charge in [0.15, 0.2) is 0 Å². The van der Waals surface area contributed by atoms with Gasteiger partial charge in [0.05, 0.1) is 0 Å². The Morgan fingerprint density at radius 1 is 1.14 bits per heavy atom. The van der Waals surface area contributed by atoms with Crippen LogP contribution in [0, 0.1) is 23.2 Å². The molecule has 0 amide bonds. The maximum atomic E-state index is 11.5. The Hall–Kier alpha value is -0.330. The first-order valence-corrected chi connectivity index (χ1v) is 6.00. The molecule has 2 atom stereocenters. The summed E-state index contributed by atoms with van der Waals surface area (Å²) in [6, 6.07) is 0. The van der Waals surface area contributed by atoms with Gasteiger partial charge in [-0.2, -0.15) is 0 Å².